The molecule has 7 heteroatoms. The average Bonchev–Trinajstić information content (AvgIpc) is 2.87. The minimum absolute atomic E-state index is 0.273. The van der Waals surface area contributed by atoms with Crippen LogP contribution in [0.2, 0.25) is 0 Å². The van der Waals surface area contributed by atoms with E-state index in [0.29, 0.717) is 30.0 Å². The summed E-state index contributed by atoms with van der Waals surface area (Å²) in [6.07, 6.45) is 6.42. The van der Waals surface area contributed by atoms with E-state index in [1.807, 2.05) is 37.3 Å². The first-order valence-electron chi connectivity index (χ1n) is 13.1. The van der Waals surface area contributed by atoms with Crippen molar-refractivity contribution in [3.05, 3.63) is 71.3 Å². The predicted octanol–water partition coefficient (Wildman–Crippen LogP) is 5.20. The lowest BCUT2D eigenvalue weighted by Gasteiger charge is -2.36. The molecule has 2 N–H and O–H groups in total. The summed E-state index contributed by atoms with van der Waals surface area (Å²) in [5.74, 6) is 2.31. The molecule has 2 aromatic carbocycles. The zero-order valence-corrected chi connectivity index (χ0v) is 23.4. The van der Waals surface area contributed by atoms with E-state index >= 15 is 0 Å². The Bertz CT molecular complexity index is 1100. The highest BCUT2D eigenvalue weighted by molar-refractivity contribution is 5.90. The Morgan fingerprint density at radius 1 is 0.947 bits per heavy atom. The number of amides is 3. The second kappa shape index (κ2) is 14.2. The third-order valence-corrected chi connectivity index (χ3v) is 5.94. The molecule has 0 spiro atoms. The van der Waals surface area contributed by atoms with Crippen molar-refractivity contribution in [3.63, 3.8) is 0 Å². The lowest BCUT2D eigenvalue weighted by molar-refractivity contribution is -0.142. The molecule has 0 aromatic heterocycles. The molecule has 7 nitrogen and oxygen atoms in total. The van der Waals surface area contributed by atoms with Gasteiger partial charge in [-0.05, 0) is 69.7 Å². The van der Waals surface area contributed by atoms with Crippen LogP contribution in [0.15, 0.2) is 54.6 Å². The Balaban J connectivity index is 2.40. The van der Waals surface area contributed by atoms with E-state index in [9.17, 15) is 14.4 Å². The summed E-state index contributed by atoms with van der Waals surface area (Å²) >= 11 is 0. The van der Waals surface area contributed by atoms with Crippen molar-refractivity contribution < 1.29 is 19.1 Å². The molecule has 2 rings (SSSR count). The van der Waals surface area contributed by atoms with Crippen LogP contribution in [0.5, 0.6) is 0 Å². The zero-order valence-electron chi connectivity index (χ0n) is 23.4. The summed E-state index contributed by atoms with van der Waals surface area (Å²) in [5.41, 5.74) is 1.56. The normalized spacial score (nSPS) is 12.7. The quantitative estimate of drug-likeness (QED) is 0.399. The van der Waals surface area contributed by atoms with Crippen molar-refractivity contribution in [1.29, 1.82) is 0 Å². The van der Waals surface area contributed by atoms with Crippen LogP contribution in [0.25, 0.3) is 0 Å². The van der Waals surface area contributed by atoms with Crippen LogP contribution in [0.4, 0.5) is 4.79 Å². The number of nitrogens with one attached hydrogen (secondary N) is 2. The van der Waals surface area contributed by atoms with Crippen LogP contribution in [0, 0.1) is 18.3 Å². The lowest BCUT2D eigenvalue weighted by Crippen LogP contribution is -2.51. The number of carbonyl (C=O) groups excluding carboxylic acids is 3. The van der Waals surface area contributed by atoms with E-state index in [-0.39, 0.29) is 24.4 Å². The summed E-state index contributed by atoms with van der Waals surface area (Å²) in [4.78, 5) is 41.2. The zero-order chi connectivity index (χ0) is 28.3. The molecule has 2 atom stereocenters. The van der Waals surface area contributed by atoms with E-state index in [1.165, 1.54) is 0 Å². The number of hydrogen-bond donors (Lipinski definition) is 2. The molecule has 0 heterocycles. The number of ether oxygens (including phenoxy) is 1. The molecule has 204 valence electrons. The maximum atomic E-state index is 13.7. The van der Waals surface area contributed by atoms with E-state index in [4.69, 9.17) is 11.2 Å². The van der Waals surface area contributed by atoms with Gasteiger partial charge in [0.1, 0.15) is 18.2 Å². The highest BCUT2D eigenvalue weighted by Gasteiger charge is 2.35. The van der Waals surface area contributed by atoms with E-state index in [0.717, 1.165) is 12.0 Å². The fourth-order valence-electron chi connectivity index (χ4n) is 3.99. The molecule has 0 aliphatic rings. The highest BCUT2D eigenvalue weighted by atomic mass is 16.6. The molecular formula is C31H41N3O4. The second-order valence-corrected chi connectivity index (χ2v) is 10.8. The minimum atomic E-state index is -0.916. The molecule has 0 aliphatic heterocycles. The molecular weight excluding hydrogens is 478 g/mol. The molecule has 0 saturated carbocycles. The number of rotatable bonds is 11. The molecule has 0 saturated heterocycles. The van der Waals surface area contributed by atoms with E-state index in [2.05, 4.69) is 30.4 Å². The number of hydrogen-bond acceptors (Lipinski definition) is 4. The Labute approximate surface area is 227 Å². The Morgan fingerprint density at radius 2 is 1.58 bits per heavy atom. The fraction of sp³-hybridized carbons (Fsp3) is 0.452. The van der Waals surface area contributed by atoms with Gasteiger partial charge < -0.3 is 20.3 Å². The molecule has 0 bridgehead atoms. The lowest BCUT2D eigenvalue weighted by atomic mass is 9.97. The topological polar surface area (TPSA) is 87.7 Å². The first-order chi connectivity index (χ1) is 17.9. The van der Waals surface area contributed by atoms with Crippen LogP contribution in [0.3, 0.4) is 0 Å². The summed E-state index contributed by atoms with van der Waals surface area (Å²) in [6.45, 7) is 11.4. The van der Waals surface area contributed by atoms with Crippen LogP contribution in [-0.4, -0.2) is 41.0 Å². The molecule has 0 fully saturated rings. The van der Waals surface area contributed by atoms with Gasteiger partial charge in [-0.3, -0.25) is 9.59 Å². The largest absolute Gasteiger partial charge is 0.444 e. The molecule has 0 aliphatic carbocycles. The van der Waals surface area contributed by atoms with Crippen LogP contribution < -0.4 is 10.6 Å². The first-order valence-corrected chi connectivity index (χ1v) is 13.1. The monoisotopic (exact) mass is 519 g/mol. The first kappa shape index (κ1) is 30.4. The highest BCUT2D eigenvalue weighted by Crippen LogP contribution is 2.27. The smallest absolute Gasteiger partial charge is 0.408 e. The van der Waals surface area contributed by atoms with Gasteiger partial charge in [-0.1, -0.05) is 62.2 Å². The number of alkyl carbamates (subject to hydrolysis) is 1. The van der Waals surface area contributed by atoms with Gasteiger partial charge in [0.25, 0.3) is 0 Å². The van der Waals surface area contributed by atoms with Gasteiger partial charge in [-0.2, -0.15) is 0 Å². The number of nitrogens with zero attached hydrogens (tertiary/aromatic N) is 1. The minimum Gasteiger partial charge on any atom is -0.444 e. The predicted molar refractivity (Wildman–Crippen MR) is 150 cm³/mol. The van der Waals surface area contributed by atoms with Crippen molar-refractivity contribution in [3.8, 4) is 12.3 Å². The van der Waals surface area contributed by atoms with E-state index in [1.54, 1.807) is 49.9 Å². The van der Waals surface area contributed by atoms with Gasteiger partial charge in [0, 0.05) is 18.2 Å². The maximum absolute atomic E-state index is 13.7. The second-order valence-electron chi connectivity index (χ2n) is 10.8. The molecule has 3 amide bonds. The summed E-state index contributed by atoms with van der Waals surface area (Å²) in [5, 5.41) is 5.54. The summed E-state index contributed by atoms with van der Waals surface area (Å²) < 4.78 is 5.29. The number of benzene rings is 2. The van der Waals surface area contributed by atoms with Crippen LogP contribution >= 0.6 is 0 Å². The molecule has 2 aromatic rings. The summed E-state index contributed by atoms with van der Waals surface area (Å²) in [7, 11) is 0. The van der Waals surface area contributed by atoms with E-state index < -0.39 is 17.7 Å². The number of terminal acetylenes is 1. The molecule has 0 radical (unpaired) electrons. The summed E-state index contributed by atoms with van der Waals surface area (Å²) in [6, 6.07) is 15.5. The average molecular weight is 520 g/mol. The van der Waals surface area contributed by atoms with Gasteiger partial charge in [0.15, 0.2) is 0 Å². The van der Waals surface area contributed by atoms with Crippen molar-refractivity contribution in [2.45, 2.75) is 78.6 Å². The maximum Gasteiger partial charge on any atom is 0.408 e. The van der Waals surface area contributed by atoms with Gasteiger partial charge in [0.2, 0.25) is 11.8 Å². The van der Waals surface area contributed by atoms with Gasteiger partial charge in [0.05, 0.1) is 0 Å². The van der Waals surface area contributed by atoms with Crippen molar-refractivity contribution >= 4 is 17.9 Å². The molecule has 38 heavy (non-hydrogen) atoms. The standard InChI is InChI=1S/C31H41N3O4/c1-8-24-16-18-26(19-17-24)28(29(36)32-20-25-12-10-9-11-13-25)34(23(4)15-14-22(2)3)27(35)21-33-30(37)38-31(5,6)7/h1,9-13,16-19,22-23,28H,14-15,20-21H2,2-7H3,(H,32,36)(H,33,37). The SMILES string of the molecule is C#Cc1ccc(C(C(=O)NCc2ccccc2)N(C(=O)CNC(=O)OC(C)(C)C)C(C)CCC(C)C)cc1. The van der Waals surface area contributed by atoms with Crippen molar-refractivity contribution in [2.75, 3.05) is 6.54 Å². The van der Waals surface area contributed by atoms with Crippen LogP contribution in [0.1, 0.15) is 77.1 Å². The Hall–Kier alpha value is -3.79. The Kier molecular flexibility index (Phi) is 11.4. The molecule has 2 unspecified atom stereocenters. The Morgan fingerprint density at radius 3 is 2.13 bits per heavy atom. The fourth-order valence-corrected chi connectivity index (χ4v) is 3.99. The van der Waals surface area contributed by atoms with Gasteiger partial charge in [-0.15, -0.1) is 6.42 Å². The number of carbonyl (C=O) groups is 3. The van der Waals surface area contributed by atoms with Crippen LogP contribution in [-0.2, 0) is 20.9 Å². The van der Waals surface area contributed by atoms with Gasteiger partial charge >= 0.3 is 6.09 Å². The van der Waals surface area contributed by atoms with Crippen molar-refractivity contribution in [2.24, 2.45) is 5.92 Å². The van der Waals surface area contributed by atoms with Crippen molar-refractivity contribution in [1.82, 2.24) is 15.5 Å². The van der Waals surface area contributed by atoms with Gasteiger partial charge in [-0.25, -0.2) is 4.79 Å². The third kappa shape index (κ3) is 9.93. The third-order valence-electron chi connectivity index (χ3n) is 5.94.